The van der Waals surface area contributed by atoms with Gasteiger partial charge in [-0.15, -0.1) is 0 Å². The van der Waals surface area contributed by atoms with Crippen LogP contribution in [0.15, 0.2) is 24.3 Å². The molecule has 1 aromatic carbocycles. The highest BCUT2D eigenvalue weighted by atomic mass is 16.2. The zero-order valence-electron chi connectivity index (χ0n) is 13.0. The fourth-order valence-corrected chi connectivity index (χ4v) is 2.84. The van der Waals surface area contributed by atoms with Crippen LogP contribution in [-0.4, -0.2) is 49.4 Å². The van der Waals surface area contributed by atoms with Gasteiger partial charge in [-0.25, -0.2) is 0 Å². The van der Waals surface area contributed by atoms with Crippen LogP contribution >= 0.6 is 0 Å². The number of likely N-dealkylation sites (N-methyl/N-ethyl adjacent to an activating group) is 1. The van der Waals surface area contributed by atoms with Crippen molar-refractivity contribution < 1.29 is 9.59 Å². The molecule has 1 aliphatic carbocycles. The molecular weight excluding hydrogens is 278 g/mol. The molecule has 2 aliphatic rings. The normalized spacial score (nSPS) is 16.7. The molecule has 1 fully saturated rings. The number of nitrogens with zero attached hydrogens (tertiary/aromatic N) is 2. The first-order valence-corrected chi connectivity index (χ1v) is 7.99. The fourth-order valence-electron chi connectivity index (χ4n) is 2.84. The van der Waals surface area contributed by atoms with Gasteiger partial charge in [-0.05, 0) is 37.9 Å². The van der Waals surface area contributed by atoms with Gasteiger partial charge in [-0.2, -0.15) is 0 Å². The Hall–Kier alpha value is -1.88. The number of carbonyl (C=O) groups excluding carboxylic acids is 2. The third kappa shape index (κ3) is 3.65. The number of carbonyl (C=O) groups is 2. The summed E-state index contributed by atoms with van der Waals surface area (Å²) in [6, 6.07) is 8.46. The summed E-state index contributed by atoms with van der Waals surface area (Å²) in [4.78, 5) is 27.9. The van der Waals surface area contributed by atoms with E-state index >= 15 is 0 Å². The number of benzene rings is 1. The van der Waals surface area contributed by atoms with Crippen LogP contribution in [0.3, 0.4) is 0 Å². The number of para-hydroxylation sites is 1. The van der Waals surface area contributed by atoms with E-state index in [1.807, 2.05) is 35.0 Å². The first-order valence-electron chi connectivity index (χ1n) is 7.99. The molecule has 22 heavy (non-hydrogen) atoms. The molecule has 0 bridgehead atoms. The highest BCUT2D eigenvalue weighted by Gasteiger charge is 2.25. The number of amides is 2. The van der Waals surface area contributed by atoms with Crippen molar-refractivity contribution >= 4 is 17.5 Å². The number of nitrogens with one attached hydrogen (secondary N) is 1. The van der Waals surface area contributed by atoms with Crippen molar-refractivity contribution in [2.45, 2.75) is 31.7 Å². The lowest BCUT2D eigenvalue weighted by atomic mass is 10.2. The lowest BCUT2D eigenvalue weighted by Crippen LogP contribution is -2.38. The second-order valence-corrected chi connectivity index (χ2v) is 6.25. The van der Waals surface area contributed by atoms with Gasteiger partial charge >= 0.3 is 0 Å². The second-order valence-electron chi connectivity index (χ2n) is 6.25. The summed E-state index contributed by atoms with van der Waals surface area (Å²) >= 11 is 0. The molecule has 0 saturated heterocycles. The maximum atomic E-state index is 12.4. The maximum Gasteiger partial charge on any atom is 0.234 e. The van der Waals surface area contributed by atoms with Crippen LogP contribution in [-0.2, 0) is 16.0 Å². The van der Waals surface area contributed by atoms with Crippen LogP contribution in [0, 0.1) is 0 Å². The van der Waals surface area contributed by atoms with E-state index in [1.165, 1.54) is 5.56 Å². The molecule has 1 aromatic rings. The fraction of sp³-hybridized carbons (Fsp3) is 0.529. The van der Waals surface area contributed by atoms with E-state index in [2.05, 4.69) is 11.4 Å². The third-order valence-corrected chi connectivity index (χ3v) is 4.25. The monoisotopic (exact) mass is 301 g/mol. The summed E-state index contributed by atoms with van der Waals surface area (Å²) in [7, 11) is 1.89. The van der Waals surface area contributed by atoms with Crippen LogP contribution in [0.25, 0.3) is 0 Å². The largest absolute Gasteiger partial charge is 0.352 e. The average Bonchev–Trinajstić information content (AvgIpc) is 3.20. The van der Waals surface area contributed by atoms with Crippen LogP contribution in [0.4, 0.5) is 5.69 Å². The van der Waals surface area contributed by atoms with E-state index in [0.29, 0.717) is 25.6 Å². The Morgan fingerprint density at radius 3 is 2.86 bits per heavy atom. The van der Waals surface area contributed by atoms with Crippen LogP contribution in [0.5, 0.6) is 0 Å². The minimum absolute atomic E-state index is 0.0592. The number of fused-ring (bicyclic) bond motifs is 1. The van der Waals surface area contributed by atoms with E-state index in [9.17, 15) is 9.59 Å². The van der Waals surface area contributed by atoms with E-state index in [4.69, 9.17) is 0 Å². The smallest absolute Gasteiger partial charge is 0.234 e. The highest BCUT2D eigenvalue weighted by molar-refractivity contribution is 5.95. The van der Waals surface area contributed by atoms with Crippen molar-refractivity contribution in [3.05, 3.63) is 29.8 Å². The number of rotatable bonds is 6. The number of anilines is 1. The molecule has 0 aromatic heterocycles. The van der Waals surface area contributed by atoms with Gasteiger partial charge in [0.2, 0.25) is 11.8 Å². The zero-order chi connectivity index (χ0) is 15.5. The quantitative estimate of drug-likeness (QED) is 0.858. The van der Waals surface area contributed by atoms with Gasteiger partial charge in [0.05, 0.1) is 6.54 Å². The van der Waals surface area contributed by atoms with Crippen molar-refractivity contribution in [2.24, 2.45) is 0 Å². The van der Waals surface area contributed by atoms with Gasteiger partial charge < -0.3 is 10.2 Å². The molecule has 0 spiro atoms. The average molecular weight is 301 g/mol. The summed E-state index contributed by atoms with van der Waals surface area (Å²) in [6.07, 6.45) is 3.58. The lowest BCUT2D eigenvalue weighted by Gasteiger charge is -2.20. The minimum atomic E-state index is 0.0592. The molecule has 1 aliphatic heterocycles. The Kier molecular flexibility index (Phi) is 4.43. The van der Waals surface area contributed by atoms with Gasteiger partial charge in [0.25, 0.3) is 0 Å². The Morgan fingerprint density at radius 2 is 2.09 bits per heavy atom. The van der Waals surface area contributed by atoms with Gasteiger partial charge in [0, 0.05) is 31.2 Å². The molecule has 1 N–H and O–H groups in total. The highest BCUT2D eigenvalue weighted by Crippen LogP contribution is 2.27. The molecule has 118 valence electrons. The summed E-state index contributed by atoms with van der Waals surface area (Å²) in [5, 5.41) is 2.96. The molecule has 0 atom stereocenters. The molecule has 0 radical (unpaired) electrons. The first-order chi connectivity index (χ1) is 10.6. The lowest BCUT2D eigenvalue weighted by molar-refractivity contribution is -0.123. The van der Waals surface area contributed by atoms with Gasteiger partial charge in [-0.1, -0.05) is 18.2 Å². The molecule has 1 heterocycles. The summed E-state index contributed by atoms with van der Waals surface area (Å²) in [5.74, 6) is 0.198. The van der Waals surface area contributed by atoms with Crippen LogP contribution in [0.2, 0.25) is 0 Å². The van der Waals surface area contributed by atoms with Gasteiger partial charge in [0.15, 0.2) is 0 Å². The topological polar surface area (TPSA) is 52.7 Å². The summed E-state index contributed by atoms with van der Waals surface area (Å²) in [5.41, 5.74) is 2.29. The van der Waals surface area contributed by atoms with E-state index < -0.39 is 0 Å². The number of hydrogen-bond acceptors (Lipinski definition) is 3. The van der Waals surface area contributed by atoms with E-state index in [0.717, 1.165) is 31.5 Å². The van der Waals surface area contributed by atoms with Gasteiger partial charge in [-0.3, -0.25) is 14.5 Å². The second kappa shape index (κ2) is 6.48. The van der Waals surface area contributed by atoms with Crippen LogP contribution < -0.4 is 10.2 Å². The predicted octanol–water partition coefficient (Wildman–Crippen LogP) is 1.18. The molecule has 1 saturated carbocycles. The van der Waals surface area contributed by atoms with Crippen molar-refractivity contribution in [3.63, 3.8) is 0 Å². The Morgan fingerprint density at radius 1 is 1.32 bits per heavy atom. The van der Waals surface area contributed by atoms with Crippen molar-refractivity contribution in [1.82, 2.24) is 10.2 Å². The van der Waals surface area contributed by atoms with Gasteiger partial charge in [0.1, 0.15) is 0 Å². The summed E-state index contributed by atoms with van der Waals surface area (Å²) in [6.45, 7) is 1.74. The maximum absolute atomic E-state index is 12.4. The van der Waals surface area contributed by atoms with Crippen molar-refractivity contribution in [3.8, 4) is 0 Å². The molecule has 2 amide bonds. The minimum Gasteiger partial charge on any atom is -0.352 e. The number of hydrogen-bond donors (Lipinski definition) is 1. The van der Waals surface area contributed by atoms with E-state index in [-0.39, 0.29) is 11.8 Å². The standard InChI is InChI=1S/C17H23N3O2/c1-19(12-16(21)18-14-6-7-14)10-9-17(22)20-11-8-13-4-2-3-5-15(13)20/h2-5,14H,6-12H2,1H3,(H,18,21). The van der Waals surface area contributed by atoms with Crippen LogP contribution in [0.1, 0.15) is 24.8 Å². The predicted molar refractivity (Wildman–Crippen MR) is 85.8 cm³/mol. The molecule has 5 nitrogen and oxygen atoms in total. The van der Waals surface area contributed by atoms with Crippen molar-refractivity contribution in [2.75, 3.05) is 31.6 Å². The summed E-state index contributed by atoms with van der Waals surface area (Å²) < 4.78 is 0. The molecule has 0 unspecified atom stereocenters. The third-order valence-electron chi connectivity index (χ3n) is 4.25. The first kappa shape index (κ1) is 15.0. The zero-order valence-corrected chi connectivity index (χ0v) is 13.0. The SMILES string of the molecule is CN(CCC(=O)N1CCc2ccccc21)CC(=O)NC1CC1. The molecule has 3 rings (SSSR count). The Labute approximate surface area is 131 Å². The van der Waals surface area contributed by atoms with Crippen molar-refractivity contribution in [1.29, 1.82) is 0 Å². The van der Waals surface area contributed by atoms with E-state index in [1.54, 1.807) is 0 Å². The molecule has 5 heteroatoms. The molecular formula is C17H23N3O2. The Balaban J connectivity index is 1.45. The Bertz CT molecular complexity index is 569.